The van der Waals surface area contributed by atoms with Crippen LogP contribution >= 0.6 is 0 Å². The van der Waals surface area contributed by atoms with E-state index in [0.29, 0.717) is 13.0 Å². The molecule has 0 saturated heterocycles. The lowest BCUT2D eigenvalue weighted by Crippen LogP contribution is -2.29. The second-order valence-corrected chi connectivity index (χ2v) is 5.46. The summed E-state index contributed by atoms with van der Waals surface area (Å²) in [5, 5.41) is 11.2. The summed E-state index contributed by atoms with van der Waals surface area (Å²) in [5.74, 6) is -2.07. The molecule has 0 heterocycles. The van der Waals surface area contributed by atoms with Gasteiger partial charge in [0.2, 0.25) is 5.91 Å². The summed E-state index contributed by atoms with van der Waals surface area (Å²) in [4.78, 5) is 33.3. The SMILES string of the molecule is CC(CCNC(=O)CCC(=O)OC(C)(C)C)C(=O)O. The van der Waals surface area contributed by atoms with Gasteiger partial charge in [0.15, 0.2) is 0 Å². The van der Waals surface area contributed by atoms with Crippen LogP contribution in [-0.4, -0.2) is 35.1 Å². The van der Waals surface area contributed by atoms with Gasteiger partial charge < -0.3 is 15.2 Å². The molecule has 1 amide bonds. The molecular weight excluding hydrogens is 250 g/mol. The van der Waals surface area contributed by atoms with Gasteiger partial charge in [0.05, 0.1) is 12.3 Å². The molecule has 0 aromatic rings. The summed E-state index contributed by atoms with van der Waals surface area (Å²) < 4.78 is 5.07. The van der Waals surface area contributed by atoms with Crippen LogP contribution < -0.4 is 5.32 Å². The number of carboxylic acids is 1. The summed E-state index contributed by atoms with van der Waals surface area (Å²) in [6, 6.07) is 0. The number of rotatable bonds is 7. The first kappa shape index (κ1) is 17.4. The first-order valence-electron chi connectivity index (χ1n) is 6.33. The Morgan fingerprint density at radius 3 is 2.26 bits per heavy atom. The van der Waals surface area contributed by atoms with Crippen molar-refractivity contribution in [3.63, 3.8) is 0 Å². The lowest BCUT2D eigenvalue weighted by Gasteiger charge is -2.19. The van der Waals surface area contributed by atoms with Gasteiger partial charge >= 0.3 is 11.9 Å². The van der Waals surface area contributed by atoms with Gasteiger partial charge in [-0.2, -0.15) is 0 Å². The fraction of sp³-hybridized carbons (Fsp3) is 0.769. The minimum absolute atomic E-state index is 0.0254. The highest BCUT2D eigenvalue weighted by Crippen LogP contribution is 2.09. The number of esters is 1. The van der Waals surface area contributed by atoms with Crippen molar-refractivity contribution in [2.24, 2.45) is 5.92 Å². The Labute approximate surface area is 113 Å². The molecule has 0 aliphatic heterocycles. The molecule has 1 unspecified atom stereocenters. The Morgan fingerprint density at radius 1 is 1.21 bits per heavy atom. The molecule has 0 aromatic carbocycles. The molecule has 6 nitrogen and oxygen atoms in total. The molecule has 0 aliphatic carbocycles. The van der Waals surface area contributed by atoms with Gasteiger partial charge in [-0.05, 0) is 27.2 Å². The van der Waals surface area contributed by atoms with E-state index in [2.05, 4.69) is 5.32 Å². The summed E-state index contributed by atoms with van der Waals surface area (Å²) in [6.45, 7) is 7.16. The van der Waals surface area contributed by atoms with E-state index in [1.165, 1.54) is 0 Å². The van der Waals surface area contributed by atoms with Gasteiger partial charge in [0.1, 0.15) is 5.60 Å². The van der Waals surface area contributed by atoms with E-state index in [1.807, 2.05) is 0 Å². The van der Waals surface area contributed by atoms with E-state index < -0.39 is 23.5 Å². The molecule has 6 heteroatoms. The number of amides is 1. The largest absolute Gasteiger partial charge is 0.481 e. The van der Waals surface area contributed by atoms with Gasteiger partial charge in [0.25, 0.3) is 0 Å². The van der Waals surface area contributed by atoms with Crippen LogP contribution in [0.25, 0.3) is 0 Å². The summed E-state index contributed by atoms with van der Waals surface area (Å²) in [5.41, 5.74) is -0.551. The number of hydrogen-bond donors (Lipinski definition) is 2. The van der Waals surface area contributed by atoms with E-state index >= 15 is 0 Å². The van der Waals surface area contributed by atoms with Crippen LogP contribution in [-0.2, 0) is 19.1 Å². The molecule has 0 spiro atoms. The molecular formula is C13H23NO5. The second kappa shape index (κ2) is 7.76. The summed E-state index contributed by atoms with van der Waals surface area (Å²) >= 11 is 0. The van der Waals surface area contributed by atoms with E-state index in [-0.39, 0.29) is 18.7 Å². The van der Waals surface area contributed by atoms with E-state index in [1.54, 1.807) is 27.7 Å². The smallest absolute Gasteiger partial charge is 0.306 e. The highest BCUT2D eigenvalue weighted by atomic mass is 16.6. The van der Waals surface area contributed by atoms with Crippen LogP contribution in [0.3, 0.4) is 0 Å². The third-order valence-corrected chi connectivity index (χ3v) is 2.30. The van der Waals surface area contributed by atoms with Crippen molar-refractivity contribution in [2.45, 2.75) is 52.6 Å². The Hall–Kier alpha value is -1.59. The molecule has 0 bridgehead atoms. The van der Waals surface area contributed by atoms with Crippen LogP contribution in [0, 0.1) is 5.92 Å². The van der Waals surface area contributed by atoms with Gasteiger partial charge in [-0.25, -0.2) is 0 Å². The Bertz CT molecular complexity index is 332. The van der Waals surface area contributed by atoms with Gasteiger partial charge in [-0.15, -0.1) is 0 Å². The highest BCUT2D eigenvalue weighted by molar-refractivity contribution is 5.81. The van der Waals surface area contributed by atoms with Gasteiger partial charge in [-0.3, -0.25) is 14.4 Å². The lowest BCUT2D eigenvalue weighted by atomic mass is 10.1. The molecule has 19 heavy (non-hydrogen) atoms. The molecule has 0 aromatic heterocycles. The maximum Gasteiger partial charge on any atom is 0.306 e. The summed E-state index contributed by atoms with van der Waals surface area (Å²) in [7, 11) is 0. The van der Waals surface area contributed by atoms with Crippen molar-refractivity contribution in [1.82, 2.24) is 5.32 Å². The van der Waals surface area contributed by atoms with Crippen molar-refractivity contribution in [1.29, 1.82) is 0 Å². The number of ether oxygens (including phenoxy) is 1. The first-order chi connectivity index (χ1) is 8.61. The standard InChI is InChI=1S/C13H23NO5/c1-9(12(17)18)7-8-14-10(15)5-6-11(16)19-13(2,3)4/h9H,5-8H2,1-4H3,(H,14,15)(H,17,18). The molecule has 110 valence electrons. The monoisotopic (exact) mass is 273 g/mol. The fourth-order valence-corrected chi connectivity index (χ4v) is 1.25. The number of carbonyl (C=O) groups excluding carboxylic acids is 2. The molecule has 1 atom stereocenters. The van der Waals surface area contributed by atoms with Crippen molar-refractivity contribution in [2.75, 3.05) is 6.54 Å². The minimum atomic E-state index is -0.886. The third-order valence-electron chi connectivity index (χ3n) is 2.30. The quantitative estimate of drug-likeness (QED) is 0.683. The van der Waals surface area contributed by atoms with Gasteiger partial charge in [-0.1, -0.05) is 6.92 Å². The average Bonchev–Trinajstić information content (AvgIpc) is 2.23. The molecule has 0 aliphatic rings. The van der Waals surface area contributed by atoms with Crippen molar-refractivity contribution < 1.29 is 24.2 Å². The Kier molecular flexibility index (Phi) is 7.11. The first-order valence-corrected chi connectivity index (χ1v) is 6.33. The highest BCUT2D eigenvalue weighted by Gasteiger charge is 2.17. The third kappa shape index (κ3) is 10.1. The maximum atomic E-state index is 11.4. The van der Waals surface area contributed by atoms with Crippen LogP contribution in [0.4, 0.5) is 0 Å². The topological polar surface area (TPSA) is 92.7 Å². The second-order valence-electron chi connectivity index (χ2n) is 5.46. The Morgan fingerprint density at radius 2 is 1.79 bits per heavy atom. The predicted octanol–water partition coefficient (Wildman–Crippen LogP) is 1.34. The Balaban J connectivity index is 3.76. The number of carbonyl (C=O) groups is 3. The van der Waals surface area contributed by atoms with E-state index in [4.69, 9.17) is 9.84 Å². The number of carboxylic acid groups (broad SMARTS) is 1. The molecule has 0 radical (unpaired) electrons. The zero-order valence-electron chi connectivity index (χ0n) is 12.0. The van der Waals surface area contributed by atoms with E-state index in [0.717, 1.165) is 0 Å². The maximum absolute atomic E-state index is 11.4. The average molecular weight is 273 g/mol. The predicted molar refractivity (Wildman–Crippen MR) is 69.5 cm³/mol. The fourth-order valence-electron chi connectivity index (χ4n) is 1.25. The van der Waals surface area contributed by atoms with Crippen LogP contribution in [0.15, 0.2) is 0 Å². The number of hydrogen-bond acceptors (Lipinski definition) is 4. The van der Waals surface area contributed by atoms with Gasteiger partial charge in [0, 0.05) is 13.0 Å². The lowest BCUT2D eigenvalue weighted by molar-refractivity contribution is -0.155. The normalized spacial score (nSPS) is 12.6. The van der Waals surface area contributed by atoms with Crippen LogP contribution in [0.2, 0.25) is 0 Å². The van der Waals surface area contributed by atoms with Crippen LogP contribution in [0.5, 0.6) is 0 Å². The molecule has 0 rings (SSSR count). The van der Waals surface area contributed by atoms with E-state index in [9.17, 15) is 14.4 Å². The molecule has 0 fully saturated rings. The molecule has 0 saturated carbocycles. The summed E-state index contributed by atoms with van der Waals surface area (Å²) in [6.07, 6.45) is 0.446. The van der Waals surface area contributed by atoms with Crippen molar-refractivity contribution >= 4 is 17.8 Å². The van der Waals surface area contributed by atoms with Crippen molar-refractivity contribution in [3.8, 4) is 0 Å². The number of nitrogens with one attached hydrogen (secondary N) is 1. The van der Waals surface area contributed by atoms with Crippen LogP contribution in [0.1, 0.15) is 47.0 Å². The van der Waals surface area contributed by atoms with Crippen molar-refractivity contribution in [3.05, 3.63) is 0 Å². The minimum Gasteiger partial charge on any atom is -0.481 e. The zero-order valence-corrected chi connectivity index (χ0v) is 12.0. The molecule has 2 N–H and O–H groups in total. The zero-order chi connectivity index (χ0) is 15.1. The number of aliphatic carboxylic acids is 1.